The molecule has 42 heavy (non-hydrogen) atoms. The molecule has 2 fully saturated rings. The van der Waals surface area contributed by atoms with Crippen LogP contribution in [-0.4, -0.2) is 150 Å². The summed E-state index contributed by atoms with van der Waals surface area (Å²) >= 11 is 0. The molecule has 246 valence electrons. The lowest BCUT2D eigenvalue weighted by Gasteiger charge is -2.31. The first-order chi connectivity index (χ1) is 20.3. The van der Waals surface area contributed by atoms with Gasteiger partial charge in [-0.05, 0) is 25.7 Å². The Balaban J connectivity index is 2.42. The number of hydrogen-bond donors (Lipinski definition) is 0. The SMILES string of the molecule is CCC(COC)OCN1C(=O)N(COC(CC)COC)C2C1N(COC(CC)COC)C(=O)N2COC(CC)COC. The van der Waals surface area contributed by atoms with Gasteiger partial charge in [0.05, 0.1) is 50.8 Å². The summed E-state index contributed by atoms with van der Waals surface area (Å²) in [5.41, 5.74) is 0. The fourth-order valence-electron chi connectivity index (χ4n) is 4.91. The molecular weight excluding hydrogens is 552 g/mol. The first-order valence-electron chi connectivity index (χ1n) is 14.9. The van der Waals surface area contributed by atoms with Gasteiger partial charge >= 0.3 is 12.1 Å². The Morgan fingerprint density at radius 2 is 0.690 bits per heavy atom. The average Bonchev–Trinajstić information content (AvgIpc) is 3.41. The van der Waals surface area contributed by atoms with Crippen LogP contribution in [0.15, 0.2) is 0 Å². The molecule has 14 heteroatoms. The summed E-state index contributed by atoms with van der Waals surface area (Å²) < 4.78 is 45.6. The van der Waals surface area contributed by atoms with Crippen LogP contribution in [-0.2, 0) is 37.9 Å². The molecule has 4 amide bonds. The molecule has 2 heterocycles. The fraction of sp³-hybridized carbons (Fsp3) is 0.929. The highest BCUT2D eigenvalue weighted by atomic mass is 16.6. The van der Waals surface area contributed by atoms with Crippen LogP contribution in [0.2, 0.25) is 0 Å². The molecule has 0 aliphatic carbocycles. The number of urea groups is 2. The number of amides is 4. The minimum atomic E-state index is -0.706. The molecule has 2 aliphatic rings. The van der Waals surface area contributed by atoms with E-state index in [1.165, 1.54) is 0 Å². The van der Waals surface area contributed by atoms with Crippen molar-refractivity contribution in [2.75, 3.05) is 81.8 Å². The second-order valence-electron chi connectivity index (χ2n) is 10.4. The van der Waals surface area contributed by atoms with Gasteiger partial charge in [-0.3, -0.25) is 19.6 Å². The summed E-state index contributed by atoms with van der Waals surface area (Å²) in [6, 6.07) is -0.639. The van der Waals surface area contributed by atoms with Crippen molar-refractivity contribution in [2.24, 2.45) is 0 Å². The van der Waals surface area contributed by atoms with Gasteiger partial charge in [-0.25, -0.2) is 9.59 Å². The van der Waals surface area contributed by atoms with Crippen molar-refractivity contribution in [3.05, 3.63) is 0 Å². The Labute approximate surface area is 251 Å². The highest BCUT2D eigenvalue weighted by molar-refractivity contribution is 5.85. The van der Waals surface area contributed by atoms with Gasteiger partial charge in [0.2, 0.25) is 0 Å². The van der Waals surface area contributed by atoms with E-state index in [1.54, 1.807) is 48.0 Å². The zero-order chi connectivity index (χ0) is 31.1. The number of nitrogens with zero attached hydrogens (tertiary/aromatic N) is 4. The maximum absolute atomic E-state index is 14.0. The molecule has 0 aromatic heterocycles. The van der Waals surface area contributed by atoms with Gasteiger partial charge in [0.15, 0.2) is 12.3 Å². The largest absolute Gasteiger partial charge is 0.382 e. The number of hydrogen-bond acceptors (Lipinski definition) is 10. The lowest BCUT2D eigenvalue weighted by Crippen LogP contribution is -2.49. The van der Waals surface area contributed by atoms with E-state index in [4.69, 9.17) is 37.9 Å². The van der Waals surface area contributed by atoms with Crippen LogP contribution in [0.1, 0.15) is 53.4 Å². The van der Waals surface area contributed by atoms with E-state index < -0.39 is 12.3 Å². The Kier molecular flexibility index (Phi) is 16.9. The molecule has 0 spiro atoms. The smallest absolute Gasteiger partial charge is 0.327 e. The van der Waals surface area contributed by atoms with Gasteiger partial charge in [-0.15, -0.1) is 0 Å². The number of rotatable bonds is 24. The van der Waals surface area contributed by atoms with Gasteiger partial charge < -0.3 is 37.9 Å². The van der Waals surface area contributed by atoms with Crippen LogP contribution < -0.4 is 0 Å². The van der Waals surface area contributed by atoms with Crippen molar-refractivity contribution in [2.45, 2.75) is 90.1 Å². The van der Waals surface area contributed by atoms with E-state index in [1.807, 2.05) is 27.7 Å². The number of methoxy groups -OCH3 is 4. The predicted octanol–water partition coefficient (Wildman–Crippen LogP) is 2.71. The Morgan fingerprint density at radius 3 is 0.857 bits per heavy atom. The van der Waals surface area contributed by atoms with E-state index in [9.17, 15) is 9.59 Å². The van der Waals surface area contributed by atoms with E-state index in [0.29, 0.717) is 52.1 Å². The molecule has 14 nitrogen and oxygen atoms in total. The summed E-state index contributed by atoms with van der Waals surface area (Å²) in [6.07, 6.45) is 0.512. The Bertz CT molecular complexity index is 663. The molecule has 0 bridgehead atoms. The molecular formula is C28H54N4O10. The quantitative estimate of drug-likeness (QED) is 0.162. The molecule has 2 saturated heterocycles. The molecule has 4 unspecified atom stereocenters. The van der Waals surface area contributed by atoms with Crippen LogP contribution in [0, 0.1) is 0 Å². The topological polar surface area (TPSA) is 121 Å². The molecule has 4 atom stereocenters. The lowest BCUT2D eigenvalue weighted by atomic mass is 10.3. The standard InChI is InChI=1S/C28H54N4O10/c1-9-21(13-35-5)39-17-29-25-26(31(27(29)33)19-41-23(11-3)15-37-7)32(20-42-24(12-4)16-38-8)28(34)30(25)18-40-22(10-2)14-36-6/h21-26H,9-20H2,1-8H3. The van der Waals surface area contributed by atoms with Crippen LogP contribution in [0.4, 0.5) is 9.59 Å². The maximum Gasteiger partial charge on any atom is 0.327 e. The monoisotopic (exact) mass is 606 g/mol. The second-order valence-corrected chi connectivity index (χ2v) is 10.4. The molecule has 0 saturated carbocycles. The van der Waals surface area contributed by atoms with Crippen LogP contribution in [0.5, 0.6) is 0 Å². The number of carbonyl (C=O) groups excluding carboxylic acids is 2. The third-order valence-corrected chi connectivity index (χ3v) is 7.56. The third-order valence-electron chi connectivity index (χ3n) is 7.56. The van der Waals surface area contributed by atoms with Crippen LogP contribution in [0.25, 0.3) is 0 Å². The lowest BCUT2D eigenvalue weighted by molar-refractivity contribution is -0.0908. The van der Waals surface area contributed by atoms with Gasteiger partial charge in [0.25, 0.3) is 0 Å². The van der Waals surface area contributed by atoms with Crippen molar-refractivity contribution in [3.63, 3.8) is 0 Å². The predicted molar refractivity (Wildman–Crippen MR) is 153 cm³/mol. The minimum Gasteiger partial charge on any atom is -0.382 e. The molecule has 0 aromatic carbocycles. The molecule has 0 N–H and O–H groups in total. The van der Waals surface area contributed by atoms with E-state index >= 15 is 0 Å². The van der Waals surface area contributed by atoms with Gasteiger partial charge in [-0.2, -0.15) is 0 Å². The number of carbonyl (C=O) groups is 2. The Hall–Kier alpha value is -1.78. The first kappa shape index (κ1) is 36.4. The summed E-state index contributed by atoms with van der Waals surface area (Å²) in [4.78, 5) is 34.1. The first-order valence-corrected chi connectivity index (χ1v) is 14.9. The highest BCUT2D eigenvalue weighted by Gasteiger charge is 2.59. The normalized spacial score (nSPS) is 21.8. The van der Waals surface area contributed by atoms with Crippen molar-refractivity contribution >= 4 is 12.1 Å². The van der Waals surface area contributed by atoms with Crippen LogP contribution >= 0.6 is 0 Å². The Morgan fingerprint density at radius 1 is 0.476 bits per heavy atom. The van der Waals surface area contributed by atoms with Crippen molar-refractivity contribution in [3.8, 4) is 0 Å². The van der Waals surface area contributed by atoms with Crippen molar-refractivity contribution < 1.29 is 47.5 Å². The number of fused-ring (bicyclic) bond motifs is 1. The van der Waals surface area contributed by atoms with Crippen molar-refractivity contribution in [1.29, 1.82) is 0 Å². The van der Waals surface area contributed by atoms with E-state index in [-0.39, 0.29) is 63.4 Å². The van der Waals surface area contributed by atoms with Gasteiger partial charge in [0.1, 0.15) is 26.9 Å². The third kappa shape index (κ3) is 9.61. The summed E-state index contributed by atoms with van der Waals surface area (Å²) in [6.45, 7) is 9.33. The minimum absolute atomic E-state index is 0.0390. The van der Waals surface area contributed by atoms with E-state index in [0.717, 1.165) is 0 Å². The second kappa shape index (κ2) is 19.5. The fourth-order valence-corrected chi connectivity index (χ4v) is 4.91. The van der Waals surface area contributed by atoms with Gasteiger partial charge in [0, 0.05) is 28.4 Å². The highest BCUT2D eigenvalue weighted by Crippen LogP contribution is 2.35. The summed E-state index contributed by atoms with van der Waals surface area (Å²) in [5, 5.41) is 0. The molecule has 0 radical (unpaired) electrons. The van der Waals surface area contributed by atoms with Gasteiger partial charge in [-0.1, -0.05) is 27.7 Å². The average molecular weight is 607 g/mol. The molecule has 0 aromatic rings. The summed E-state index contributed by atoms with van der Waals surface area (Å²) in [7, 11) is 6.43. The molecule has 2 aliphatic heterocycles. The zero-order valence-electron chi connectivity index (χ0n) is 26.8. The van der Waals surface area contributed by atoms with Crippen LogP contribution in [0.3, 0.4) is 0 Å². The van der Waals surface area contributed by atoms with Crippen molar-refractivity contribution in [1.82, 2.24) is 19.6 Å². The maximum atomic E-state index is 14.0. The zero-order valence-corrected chi connectivity index (χ0v) is 26.8. The number of ether oxygens (including phenoxy) is 8. The molecule has 2 rings (SSSR count). The van der Waals surface area contributed by atoms with E-state index in [2.05, 4.69) is 0 Å². The summed E-state index contributed by atoms with van der Waals surface area (Å²) in [5.74, 6) is 0.